The van der Waals surface area contributed by atoms with Crippen LogP contribution in [0.15, 0.2) is 23.6 Å². The van der Waals surface area contributed by atoms with E-state index < -0.39 is 27.9 Å². The summed E-state index contributed by atoms with van der Waals surface area (Å²) < 4.78 is 27.5. The first kappa shape index (κ1) is 25.4. The zero-order chi connectivity index (χ0) is 25.4. The second-order valence-electron chi connectivity index (χ2n) is 10.1. The molecule has 0 spiro atoms. The van der Waals surface area contributed by atoms with Crippen molar-refractivity contribution in [1.29, 1.82) is 0 Å². The largest absolute Gasteiger partial charge is 0.477 e. The number of nitrogens with zero attached hydrogens (tertiary/aromatic N) is 3. The summed E-state index contributed by atoms with van der Waals surface area (Å²) in [6, 6.07) is 1.19. The normalized spacial score (nSPS) is 20.5. The van der Waals surface area contributed by atoms with Crippen molar-refractivity contribution in [2.75, 3.05) is 18.0 Å². The van der Waals surface area contributed by atoms with E-state index >= 15 is 0 Å². The summed E-state index contributed by atoms with van der Waals surface area (Å²) in [7, 11) is -3.97. The Hall–Kier alpha value is -2.68. The lowest BCUT2D eigenvalue weighted by molar-refractivity contribution is -0.121. The molecule has 3 heterocycles. The minimum atomic E-state index is -3.97. The van der Waals surface area contributed by atoms with Crippen molar-refractivity contribution in [2.45, 2.75) is 63.9 Å². The number of imidazole rings is 1. The first-order chi connectivity index (χ1) is 16.5. The Morgan fingerprint density at radius 3 is 2.57 bits per heavy atom. The molecule has 4 rings (SSSR count). The van der Waals surface area contributed by atoms with Gasteiger partial charge in [0.2, 0.25) is 5.91 Å². The lowest BCUT2D eigenvalue weighted by atomic mass is 9.82. The van der Waals surface area contributed by atoms with Gasteiger partial charge < -0.3 is 15.0 Å². The first-order valence-electron chi connectivity index (χ1n) is 11.7. The predicted molar refractivity (Wildman–Crippen MR) is 133 cm³/mol. The van der Waals surface area contributed by atoms with E-state index in [4.69, 9.17) is 0 Å². The van der Waals surface area contributed by atoms with Gasteiger partial charge in [0.1, 0.15) is 4.88 Å². The van der Waals surface area contributed by atoms with E-state index in [9.17, 15) is 23.1 Å². The van der Waals surface area contributed by atoms with Crippen molar-refractivity contribution in [1.82, 2.24) is 14.3 Å². The Kier molecular flexibility index (Phi) is 7.09. The number of amides is 1. The van der Waals surface area contributed by atoms with Crippen molar-refractivity contribution in [3.8, 4) is 11.8 Å². The molecular weight excluding hydrogens is 488 g/mol. The quantitative estimate of drug-likeness (QED) is 0.584. The lowest BCUT2D eigenvalue weighted by Crippen LogP contribution is -2.60. The highest BCUT2D eigenvalue weighted by atomic mass is 32.2. The van der Waals surface area contributed by atoms with Gasteiger partial charge in [0.05, 0.1) is 29.5 Å². The van der Waals surface area contributed by atoms with E-state index in [0.29, 0.717) is 10.6 Å². The van der Waals surface area contributed by atoms with Gasteiger partial charge in [0, 0.05) is 18.2 Å². The molecule has 2 aliphatic rings. The molecule has 2 N–H and O–H groups in total. The molecule has 1 aliphatic carbocycles. The van der Waals surface area contributed by atoms with Gasteiger partial charge >= 0.3 is 5.97 Å². The van der Waals surface area contributed by atoms with Crippen molar-refractivity contribution in [3.63, 3.8) is 0 Å². The molecule has 0 radical (unpaired) electrons. The Balaban J connectivity index is 1.76. The number of carbonyl (C=O) groups excluding carboxylic acids is 1. The molecule has 1 aliphatic heterocycles. The molecule has 0 bridgehead atoms. The van der Waals surface area contributed by atoms with Crippen LogP contribution < -0.4 is 4.90 Å². The third kappa shape index (κ3) is 5.44. The lowest BCUT2D eigenvalue weighted by Gasteiger charge is -2.44. The highest BCUT2D eigenvalue weighted by molar-refractivity contribution is 7.89. The summed E-state index contributed by atoms with van der Waals surface area (Å²) in [5.74, 6) is 4.66. The zero-order valence-electron chi connectivity index (χ0n) is 20.1. The van der Waals surface area contributed by atoms with Gasteiger partial charge in [-0.1, -0.05) is 31.1 Å². The van der Waals surface area contributed by atoms with E-state index in [2.05, 4.69) is 21.8 Å². The van der Waals surface area contributed by atoms with Crippen LogP contribution in [-0.2, 0) is 14.8 Å². The van der Waals surface area contributed by atoms with Crippen LogP contribution in [0.5, 0.6) is 0 Å². The number of carboxylic acids is 1. The third-order valence-electron chi connectivity index (χ3n) is 6.30. The molecule has 1 saturated carbocycles. The summed E-state index contributed by atoms with van der Waals surface area (Å²) in [6.07, 6.45) is 7.37. The smallest absolute Gasteiger partial charge is 0.348 e. The number of hydrogen-bond donors (Lipinski definition) is 2. The average molecular weight is 519 g/mol. The minimum absolute atomic E-state index is 0.0426. The van der Waals surface area contributed by atoms with Crippen molar-refractivity contribution < 1.29 is 23.1 Å². The monoisotopic (exact) mass is 518 g/mol. The van der Waals surface area contributed by atoms with Gasteiger partial charge in [0.25, 0.3) is 10.0 Å². The summed E-state index contributed by atoms with van der Waals surface area (Å²) in [5.41, 5.74) is 0.0401. The third-order valence-corrected chi connectivity index (χ3v) is 9.04. The van der Waals surface area contributed by atoms with Crippen LogP contribution in [0, 0.1) is 23.2 Å². The van der Waals surface area contributed by atoms with Crippen LogP contribution in [-0.4, -0.2) is 58.8 Å². The number of aromatic nitrogens is 2. The Labute approximate surface area is 209 Å². The van der Waals surface area contributed by atoms with Gasteiger partial charge in [-0.25, -0.2) is 18.2 Å². The van der Waals surface area contributed by atoms with Crippen molar-refractivity contribution >= 4 is 38.9 Å². The highest BCUT2D eigenvalue weighted by Crippen LogP contribution is 2.39. The summed E-state index contributed by atoms with van der Waals surface area (Å²) in [4.78, 5) is 34.4. The Morgan fingerprint density at radius 2 is 1.97 bits per heavy atom. The van der Waals surface area contributed by atoms with Crippen LogP contribution in [0.1, 0.15) is 67.4 Å². The van der Waals surface area contributed by atoms with Gasteiger partial charge in [-0.3, -0.25) is 4.79 Å². The molecule has 2 fully saturated rings. The molecule has 1 unspecified atom stereocenters. The van der Waals surface area contributed by atoms with E-state index in [1.807, 2.05) is 20.8 Å². The fourth-order valence-corrected chi connectivity index (χ4v) is 6.82. The topological polar surface area (TPSA) is 124 Å². The number of aromatic carboxylic acids is 1. The van der Waals surface area contributed by atoms with Gasteiger partial charge in [-0.15, -0.1) is 11.3 Å². The van der Waals surface area contributed by atoms with Gasteiger partial charge in [0.15, 0.2) is 5.03 Å². The van der Waals surface area contributed by atoms with Gasteiger partial charge in [-0.2, -0.15) is 4.31 Å². The maximum atomic E-state index is 13.5. The zero-order valence-corrected chi connectivity index (χ0v) is 21.7. The molecule has 0 aromatic carbocycles. The number of rotatable bonds is 5. The Bertz CT molecular complexity index is 1260. The number of aromatic amines is 1. The molecule has 11 heteroatoms. The highest BCUT2D eigenvalue weighted by Gasteiger charge is 2.44. The number of sulfonamides is 1. The second-order valence-corrected chi connectivity index (χ2v) is 13.0. The fourth-order valence-electron chi connectivity index (χ4n) is 4.69. The molecule has 35 heavy (non-hydrogen) atoms. The molecule has 9 nitrogen and oxygen atoms in total. The number of H-pyrrole nitrogens is 1. The number of nitrogens with one attached hydrogen (secondary N) is 1. The maximum absolute atomic E-state index is 13.5. The molecule has 2 aromatic heterocycles. The maximum Gasteiger partial charge on any atom is 0.348 e. The van der Waals surface area contributed by atoms with Crippen LogP contribution in [0.3, 0.4) is 0 Å². The Morgan fingerprint density at radius 1 is 1.26 bits per heavy atom. The summed E-state index contributed by atoms with van der Waals surface area (Å²) in [6.45, 7) is 5.61. The van der Waals surface area contributed by atoms with Crippen LogP contribution in [0.4, 0.5) is 5.69 Å². The molecule has 1 atom stereocenters. The van der Waals surface area contributed by atoms with Gasteiger partial charge in [-0.05, 0) is 45.6 Å². The van der Waals surface area contributed by atoms with Crippen molar-refractivity contribution in [2.24, 2.45) is 11.3 Å². The molecule has 188 valence electrons. The van der Waals surface area contributed by atoms with E-state index in [-0.39, 0.29) is 34.3 Å². The minimum Gasteiger partial charge on any atom is -0.477 e. The van der Waals surface area contributed by atoms with E-state index in [0.717, 1.165) is 43.4 Å². The van der Waals surface area contributed by atoms with Crippen LogP contribution >= 0.6 is 11.3 Å². The average Bonchev–Trinajstić information content (AvgIpc) is 3.48. The SMILES string of the molecule is CC(C)(C)C#Cc1cc(N2C(=O)CN(S(=O)(=O)c3c[nH]cn3)CC2C2CCCCC2)c(C(=O)O)s1. The molecular formula is C24H30N4O5S2. The van der Waals surface area contributed by atoms with E-state index in [1.165, 1.54) is 21.7 Å². The number of thiophene rings is 1. The number of carbonyl (C=O) groups is 2. The molecule has 1 saturated heterocycles. The predicted octanol–water partition coefficient (Wildman–Crippen LogP) is 3.55. The molecule has 2 aromatic rings. The first-order valence-corrected chi connectivity index (χ1v) is 13.9. The number of carboxylic acid groups (broad SMARTS) is 1. The fraction of sp³-hybridized carbons (Fsp3) is 0.542. The number of hydrogen-bond acceptors (Lipinski definition) is 6. The molecule has 1 amide bonds. The van der Waals surface area contributed by atoms with Crippen LogP contribution in [0.25, 0.3) is 0 Å². The van der Waals surface area contributed by atoms with E-state index in [1.54, 1.807) is 6.07 Å². The standard InChI is InChI=1S/C24H30N4O5S2/c1-24(2,3)10-9-17-11-18(22(34-17)23(30)31)28-19(16-7-5-4-6-8-16)13-27(14-21(28)29)35(32,33)20-12-25-15-26-20/h11-12,15-16,19H,4-8,13-14H2,1-3H3,(H,25,26)(H,30,31). The second kappa shape index (κ2) is 9.76. The number of anilines is 1. The van der Waals surface area contributed by atoms with Crippen molar-refractivity contribution in [3.05, 3.63) is 28.3 Å². The summed E-state index contributed by atoms with van der Waals surface area (Å²) >= 11 is 1.04. The number of piperazine rings is 1. The van der Waals surface area contributed by atoms with Crippen LogP contribution in [0.2, 0.25) is 0 Å². The summed E-state index contributed by atoms with van der Waals surface area (Å²) in [5, 5.41) is 9.80.